The van der Waals surface area contributed by atoms with E-state index in [-0.39, 0.29) is 17.2 Å². The highest BCUT2D eigenvalue weighted by molar-refractivity contribution is 6.42. The minimum absolute atomic E-state index is 0.000427. The van der Waals surface area contributed by atoms with Gasteiger partial charge in [0.2, 0.25) is 5.91 Å². The molecule has 0 saturated heterocycles. The van der Waals surface area contributed by atoms with Crippen molar-refractivity contribution < 1.29 is 4.79 Å². The molecule has 0 bridgehead atoms. The predicted octanol–water partition coefficient (Wildman–Crippen LogP) is 6.55. The summed E-state index contributed by atoms with van der Waals surface area (Å²) in [5, 5.41) is 3.91. The average Bonchev–Trinajstić information content (AvgIpc) is 3.43. The van der Waals surface area contributed by atoms with Gasteiger partial charge in [0, 0.05) is 11.1 Å². The van der Waals surface area contributed by atoms with Crippen molar-refractivity contribution in [2.24, 2.45) is 5.92 Å². The zero-order valence-electron chi connectivity index (χ0n) is 15.8. The maximum Gasteiger partial charge on any atom is 0.228 e. The molecule has 0 aromatic heterocycles. The van der Waals surface area contributed by atoms with E-state index in [9.17, 15) is 4.79 Å². The molecule has 3 aromatic rings. The van der Waals surface area contributed by atoms with E-state index < -0.39 is 0 Å². The lowest BCUT2D eigenvalue weighted by molar-refractivity contribution is -0.117. The number of hydrogen-bond acceptors (Lipinski definition) is 1. The molecule has 4 heteroatoms. The van der Waals surface area contributed by atoms with Crippen molar-refractivity contribution in [1.29, 1.82) is 0 Å². The molecule has 28 heavy (non-hydrogen) atoms. The van der Waals surface area contributed by atoms with Crippen molar-refractivity contribution in [3.05, 3.63) is 99.0 Å². The first-order chi connectivity index (χ1) is 13.4. The van der Waals surface area contributed by atoms with Gasteiger partial charge in [0.15, 0.2) is 0 Å². The summed E-state index contributed by atoms with van der Waals surface area (Å²) in [6, 6.07) is 22.1. The third-order valence-electron chi connectivity index (χ3n) is 5.60. The molecule has 1 aliphatic carbocycles. The van der Waals surface area contributed by atoms with Gasteiger partial charge in [-0.05, 0) is 49.6 Å². The van der Waals surface area contributed by atoms with Crippen LogP contribution in [-0.2, 0) is 10.2 Å². The number of rotatable bonds is 4. The molecule has 0 heterocycles. The summed E-state index contributed by atoms with van der Waals surface area (Å²) in [6.07, 6.45) is 0.784. The van der Waals surface area contributed by atoms with Crippen LogP contribution in [0.25, 0.3) is 0 Å². The third kappa shape index (κ3) is 3.43. The number of amides is 1. The van der Waals surface area contributed by atoms with Gasteiger partial charge >= 0.3 is 0 Å². The Hall–Kier alpha value is -2.29. The molecule has 0 unspecified atom stereocenters. The van der Waals surface area contributed by atoms with E-state index >= 15 is 0 Å². The molecule has 0 spiro atoms. The number of aryl methyl sites for hydroxylation is 2. The zero-order valence-corrected chi connectivity index (χ0v) is 17.3. The van der Waals surface area contributed by atoms with Gasteiger partial charge < -0.3 is 5.32 Å². The molecule has 3 aromatic carbocycles. The number of carbonyl (C=O) groups excluding carboxylic acids is 1. The molecule has 1 atom stereocenters. The van der Waals surface area contributed by atoms with Crippen LogP contribution >= 0.6 is 23.2 Å². The van der Waals surface area contributed by atoms with Crippen molar-refractivity contribution in [3.63, 3.8) is 0 Å². The first-order valence-electron chi connectivity index (χ1n) is 9.30. The van der Waals surface area contributed by atoms with E-state index in [4.69, 9.17) is 23.2 Å². The smallest absolute Gasteiger partial charge is 0.228 e. The third-order valence-corrected chi connectivity index (χ3v) is 6.34. The van der Waals surface area contributed by atoms with Gasteiger partial charge in [-0.2, -0.15) is 0 Å². The van der Waals surface area contributed by atoms with Gasteiger partial charge in [0.25, 0.3) is 0 Å². The summed E-state index contributed by atoms with van der Waals surface area (Å²) in [5.41, 5.74) is 5.14. The van der Waals surface area contributed by atoms with Crippen LogP contribution in [0.15, 0.2) is 66.7 Å². The van der Waals surface area contributed by atoms with Crippen LogP contribution in [0.5, 0.6) is 0 Å². The number of halogens is 2. The lowest BCUT2D eigenvalue weighted by Crippen LogP contribution is -2.22. The Morgan fingerprint density at radius 3 is 1.89 bits per heavy atom. The summed E-state index contributed by atoms with van der Waals surface area (Å²) in [6.45, 7) is 4.15. The molecular formula is C24H21Cl2NO. The Bertz CT molecular complexity index is 980. The van der Waals surface area contributed by atoms with Gasteiger partial charge in [0.05, 0.1) is 16.0 Å². The predicted molar refractivity (Wildman–Crippen MR) is 116 cm³/mol. The summed E-state index contributed by atoms with van der Waals surface area (Å²) in [7, 11) is 0. The molecule has 142 valence electrons. The number of nitrogens with one attached hydrogen (secondary N) is 1. The number of benzene rings is 3. The standard InChI is InChI=1S/C24H21Cl2NO/c1-15-3-7-17(8-4-15)24(18-9-5-16(2)6-10-18)14-20(24)23(28)27-19-11-12-21(25)22(26)13-19/h3-13,20H,14H2,1-2H3,(H,27,28)/t20-/m0/s1. The maximum atomic E-state index is 13.1. The maximum absolute atomic E-state index is 13.1. The zero-order chi connectivity index (χ0) is 19.9. The Kier molecular flexibility index (Phi) is 4.95. The molecule has 1 saturated carbocycles. The number of anilines is 1. The number of carbonyl (C=O) groups is 1. The van der Waals surface area contributed by atoms with E-state index in [2.05, 4.69) is 67.7 Å². The molecule has 1 aliphatic rings. The Morgan fingerprint density at radius 2 is 1.39 bits per heavy atom. The fourth-order valence-electron chi connectivity index (χ4n) is 3.89. The summed E-state index contributed by atoms with van der Waals surface area (Å²) >= 11 is 12.1. The average molecular weight is 410 g/mol. The highest BCUT2D eigenvalue weighted by atomic mass is 35.5. The van der Waals surface area contributed by atoms with Crippen LogP contribution in [0.2, 0.25) is 10.0 Å². The normalized spacial score (nSPS) is 17.2. The van der Waals surface area contributed by atoms with Gasteiger partial charge in [-0.3, -0.25) is 4.79 Å². The first-order valence-corrected chi connectivity index (χ1v) is 10.1. The lowest BCUT2D eigenvalue weighted by atomic mass is 9.85. The van der Waals surface area contributed by atoms with E-state index in [0.717, 1.165) is 6.42 Å². The van der Waals surface area contributed by atoms with Gasteiger partial charge in [-0.25, -0.2) is 0 Å². The quantitative estimate of drug-likeness (QED) is 0.519. The highest BCUT2D eigenvalue weighted by Gasteiger charge is 2.60. The Balaban J connectivity index is 1.66. The summed E-state index contributed by atoms with van der Waals surface area (Å²) in [5.74, 6) is -0.132. The molecule has 1 N–H and O–H groups in total. The summed E-state index contributed by atoms with van der Waals surface area (Å²) < 4.78 is 0. The minimum atomic E-state index is -0.290. The lowest BCUT2D eigenvalue weighted by Gasteiger charge is -2.19. The fraction of sp³-hybridized carbons (Fsp3) is 0.208. The van der Waals surface area contributed by atoms with Crippen LogP contribution in [0, 0.1) is 19.8 Å². The van der Waals surface area contributed by atoms with E-state index in [1.807, 2.05) is 0 Å². The second kappa shape index (κ2) is 7.27. The summed E-state index contributed by atoms with van der Waals surface area (Å²) in [4.78, 5) is 13.1. The molecule has 0 radical (unpaired) electrons. The van der Waals surface area contributed by atoms with Crippen LogP contribution in [0.3, 0.4) is 0 Å². The van der Waals surface area contributed by atoms with Gasteiger partial charge in [-0.1, -0.05) is 82.9 Å². The largest absolute Gasteiger partial charge is 0.326 e. The van der Waals surface area contributed by atoms with Crippen LogP contribution in [0.4, 0.5) is 5.69 Å². The Morgan fingerprint density at radius 1 is 0.857 bits per heavy atom. The molecule has 4 rings (SSSR count). The van der Waals surface area contributed by atoms with Crippen LogP contribution in [-0.4, -0.2) is 5.91 Å². The van der Waals surface area contributed by atoms with E-state index in [0.29, 0.717) is 15.7 Å². The van der Waals surface area contributed by atoms with Crippen molar-refractivity contribution in [1.82, 2.24) is 0 Å². The van der Waals surface area contributed by atoms with Crippen LogP contribution < -0.4 is 5.32 Å². The minimum Gasteiger partial charge on any atom is -0.326 e. The topological polar surface area (TPSA) is 29.1 Å². The monoisotopic (exact) mass is 409 g/mol. The van der Waals surface area contributed by atoms with Crippen molar-refractivity contribution in [2.75, 3.05) is 5.32 Å². The van der Waals surface area contributed by atoms with Crippen LogP contribution in [0.1, 0.15) is 28.7 Å². The number of hydrogen-bond donors (Lipinski definition) is 1. The molecule has 0 aliphatic heterocycles. The molecule has 2 nitrogen and oxygen atoms in total. The Labute approximate surface area is 175 Å². The second-order valence-electron chi connectivity index (χ2n) is 7.58. The molecule has 1 amide bonds. The first kappa shape index (κ1) is 19.0. The molecular weight excluding hydrogens is 389 g/mol. The highest BCUT2D eigenvalue weighted by Crippen LogP contribution is 2.59. The van der Waals surface area contributed by atoms with E-state index in [1.54, 1.807) is 18.2 Å². The van der Waals surface area contributed by atoms with Crippen molar-refractivity contribution in [2.45, 2.75) is 25.7 Å². The van der Waals surface area contributed by atoms with E-state index in [1.165, 1.54) is 22.3 Å². The fourth-order valence-corrected chi connectivity index (χ4v) is 4.19. The molecule has 1 fully saturated rings. The van der Waals surface area contributed by atoms with Crippen molar-refractivity contribution in [3.8, 4) is 0 Å². The van der Waals surface area contributed by atoms with Gasteiger partial charge in [0.1, 0.15) is 0 Å². The second-order valence-corrected chi connectivity index (χ2v) is 8.39. The SMILES string of the molecule is Cc1ccc(C2(c3ccc(C)cc3)C[C@H]2C(=O)Nc2ccc(Cl)c(Cl)c2)cc1. The van der Waals surface area contributed by atoms with Crippen molar-refractivity contribution >= 4 is 34.8 Å². The van der Waals surface area contributed by atoms with Gasteiger partial charge in [-0.15, -0.1) is 0 Å².